The summed E-state index contributed by atoms with van der Waals surface area (Å²) in [6.07, 6.45) is 0.534. The van der Waals surface area contributed by atoms with Crippen LogP contribution >= 0.6 is 0 Å². The smallest absolute Gasteiger partial charge is 0.368 e. The number of ether oxygens (including phenoxy) is 1. The number of nitrogens with zero attached hydrogens (tertiary/aromatic N) is 6. The molecule has 0 atom stereocenters. The van der Waals surface area contributed by atoms with Gasteiger partial charge in [-0.25, -0.2) is 9.18 Å². The van der Waals surface area contributed by atoms with Gasteiger partial charge in [0.05, 0.1) is 11.4 Å². The van der Waals surface area contributed by atoms with E-state index < -0.39 is 0 Å². The monoisotopic (exact) mass is 410 g/mol. The van der Waals surface area contributed by atoms with Crippen molar-refractivity contribution in [3.8, 4) is 5.69 Å². The van der Waals surface area contributed by atoms with E-state index in [9.17, 15) is 9.18 Å². The first-order chi connectivity index (χ1) is 14.4. The topological polar surface area (TPSA) is 86.7 Å². The molecule has 0 radical (unpaired) electrons. The standard InChI is InChI=1S/C21H23FN6O2/c1-5-20(24-23-15(3)16-9-11-17(22)12-10-16)30-13-18-14(2)7-6-8-19(18)28-21(29)27(4)25-26-28/h6-12H,5,13H2,1-4H3/b23-15-,24-20-. The second-order valence-corrected chi connectivity index (χ2v) is 6.70. The minimum absolute atomic E-state index is 0.197. The normalized spacial score (nSPS) is 12.3. The van der Waals surface area contributed by atoms with E-state index in [1.54, 1.807) is 32.2 Å². The molecule has 2 aromatic carbocycles. The average molecular weight is 410 g/mol. The molecule has 0 unspecified atom stereocenters. The van der Waals surface area contributed by atoms with Crippen molar-refractivity contribution in [2.45, 2.75) is 33.8 Å². The molecule has 1 aromatic heterocycles. The van der Waals surface area contributed by atoms with E-state index in [0.29, 0.717) is 23.7 Å². The molecule has 0 saturated carbocycles. The molecule has 9 heteroatoms. The predicted molar refractivity (Wildman–Crippen MR) is 112 cm³/mol. The molecule has 0 aliphatic heterocycles. The molecular weight excluding hydrogens is 387 g/mol. The molecule has 8 nitrogen and oxygen atoms in total. The quantitative estimate of drug-likeness (QED) is 0.355. The molecule has 0 saturated heterocycles. The SMILES string of the molecule is CC/C(=N/N=C(/C)c1ccc(F)cc1)OCc1c(C)cccc1-n1nnn(C)c1=O. The molecule has 0 amide bonds. The number of halogens is 1. The highest BCUT2D eigenvalue weighted by molar-refractivity contribution is 5.98. The molecule has 3 aromatic rings. The molecule has 0 aliphatic rings. The van der Waals surface area contributed by atoms with Gasteiger partial charge in [0.1, 0.15) is 12.4 Å². The molecular formula is C21H23FN6O2. The van der Waals surface area contributed by atoms with E-state index in [-0.39, 0.29) is 18.1 Å². The van der Waals surface area contributed by atoms with Crippen molar-refractivity contribution in [1.82, 2.24) is 19.8 Å². The number of aryl methyl sites for hydroxylation is 2. The molecule has 0 spiro atoms. The summed E-state index contributed by atoms with van der Waals surface area (Å²) >= 11 is 0. The Morgan fingerprint density at radius 1 is 1.13 bits per heavy atom. The number of benzene rings is 2. The Hall–Kier alpha value is -3.62. The first-order valence-electron chi connectivity index (χ1n) is 9.48. The third kappa shape index (κ3) is 4.68. The first kappa shape index (κ1) is 21.1. The summed E-state index contributed by atoms with van der Waals surface area (Å²) in [5.41, 5.74) is 3.44. The zero-order valence-electron chi connectivity index (χ0n) is 17.3. The van der Waals surface area contributed by atoms with Gasteiger partial charge in [0, 0.05) is 19.0 Å². The van der Waals surface area contributed by atoms with Crippen LogP contribution in [-0.2, 0) is 18.4 Å². The molecule has 30 heavy (non-hydrogen) atoms. The van der Waals surface area contributed by atoms with Crippen LogP contribution in [0, 0.1) is 12.7 Å². The van der Waals surface area contributed by atoms with Crippen molar-refractivity contribution in [3.05, 3.63) is 75.5 Å². The summed E-state index contributed by atoms with van der Waals surface area (Å²) in [6.45, 7) is 5.84. The van der Waals surface area contributed by atoms with Gasteiger partial charge in [0.2, 0.25) is 5.90 Å². The lowest BCUT2D eigenvalue weighted by Gasteiger charge is -2.13. The van der Waals surface area contributed by atoms with Gasteiger partial charge in [0.25, 0.3) is 0 Å². The fraction of sp³-hybridized carbons (Fsp3) is 0.286. The van der Waals surface area contributed by atoms with Gasteiger partial charge in [-0.3, -0.25) is 0 Å². The summed E-state index contributed by atoms with van der Waals surface area (Å²) in [6, 6.07) is 11.6. The lowest BCUT2D eigenvalue weighted by Crippen LogP contribution is -2.23. The highest BCUT2D eigenvalue weighted by atomic mass is 19.1. The van der Waals surface area contributed by atoms with Gasteiger partial charge in [0.15, 0.2) is 0 Å². The molecule has 1 heterocycles. The largest absolute Gasteiger partial charge is 0.475 e. The average Bonchev–Trinajstić information content (AvgIpc) is 3.07. The van der Waals surface area contributed by atoms with Crippen LogP contribution in [-0.4, -0.2) is 31.4 Å². The predicted octanol–water partition coefficient (Wildman–Crippen LogP) is 3.16. The Bertz CT molecular complexity index is 1150. The van der Waals surface area contributed by atoms with Gasteiger partial charge in [-0.1, -0.05) is 31.2 Å². The third-order valence-corrected chi connectivity index (χ3v) is 4.59. The molecule has 0 aliphatic carbocycles. The van der Waals surface area contributed by atoms with Gasteiger partial charge in [-0.05, 0) is 53.6 Å². The number of tetrazole rings is 1. The van der Waals surface area contributed by atoms with Gasteiger partial charge >= 0.3 is 5.69 Å². The fourth-order valence-electron chi connectivity index (χ4n) is 2.77. The van der Waals surface area contributed by atoms with E-state index in [1.165, 1.54) is 21.5 Å². The minimum atomic E-state index is -0.342. The Labute approximate surface area is 173 Å². The second-order valence-electron chi connectivity index (χ2n) is 6.70. The molecule has 0 N–H and O–H groups in total. The summed E-state index contributed by atoms with van der Waals surface area (Å²) in [5.74, 6) is 0.140. The van der Waals surface area contributed by atoms with Crippen LogP contribution < -0.4 is 5.69 Å². The summed E-state index contributed by atoms with van der Waals surface area (Å²) in [5, 5.41) is 16.1. The first-order valence-corrected chi connectivity index (χ1v) is 9.48. The maximum atomic E-state index is 13.1. The van der Waals surface area contributed by atoms with Crippen molar-refractivity contribution in [2.75, 3.05) is 0 Å². The minimum Gasteiger partial charge on any atom is -0.475 e. The Kier molecular flexibility index (Phi) is 6.51. The van der Waals surface area contributed by atoms with Gasteiger partial charge in [-0.15, -0.1) is 5.10 Å². The van der Waals surface area contributed by atoms with Crippen molar-refractivity contribution < 1.29 is 9.13 Å². The van der Waals surface area contributed by atoms with Crippen LogP contribution in [0.15, 0.2) is 57.5 Å². The summed E-state index contributed by atoms with van der Waals surface area (Å²) in [4.78, 5) is 12.3. The van der Waals surface area contributed by atoms with E-state index in [2.05, 4.69) is 20.6 Å². The lowest BCUT2D eigenvalue weighted by molar-refractivity contribution is 0.282. The Morgan fingerprint density at radius 2 is 1.87 bits per heavy atom. The molecule has 3 rings (SSSR count). The zero-order valence-corrected chi connectivity index (χ0v) is 17.3. The summed E-state index contributed by atoms with van der Waals surface area (Å²) < 4.78 is 21.4. The second kappa shape index (κ2) is 9.25. The van der Waals surface area contributed by atoms with Crippen molar-refractivity contribution >= 4 is 11.6 Å². The van der Waals surface area contributed by atoms with Gasteiger partial charge in [-0.2, -0.15) is 14.5 Å². The van der Waals surface area contributed by atoms with Crippen LogP contribution in [0.4, 0.5) is 4.39 Å². The van der Waals surface area contributed by atoms with Crippen LogP contribution in [0.3, 0.4) is 0 Å². The maximum absolute atomic E-state index is 13.1. The molecule has 156 valence electrons. The van der Waals surface area contributed by atoms with Crippen molar-refractivity contribution in [1.29, 1.82) is 0 Å². The van der Waals surface area contributed by atoms with Crippen LogP contribution in [0.5, 0.6) is 0 Å². The lowest BCUT2D eigenvalue weighted by atomic mass is 10.1. The van der Waals surface area contributed by atoms with Crippen LogP contribution in [0.2, 0.25) is 0 Å². The van der Waals surface area contributed by atoms with Crippen molar-refractivity contribution in [3.63, 3.8) is 0 Å². The summed E-state index contributed by atoms with van der Waals surface area (Å²) in [7, 11) is 1.54. The maximum Gasteiger partial charge on any atom is 0.368 e. The number of aromatic nitrogens is 4. The Balaban J connectivity index is 1.82. The third-order valence-electron chi connectivity index (χ3n) is 4.59. The highest BCUT2D eigenvalue weighted by Gasteiger charge is 2.14. The Morgan fingerprint density at radius 3 is 2.50 bits per heavy atom. The van der Waals surface area contributed by atoms with E-state index in [0.717, 1.165) is 16.7 Å². The van der Waals surface area contributed by atoms with Gasteiger partial charge < -0.3 is 4.74 Å². The highest BCUT2D eigenvalue weighted by Crippen LogP contribution is 2.18. The van der Waals surface area contributed by atoms with Crippen molar-refractivity contribution in [2.24, 2.45) is 17.3 Å². The van der Waals surface area contributed by atoms with Crippen LogP contribution in [0.25, 0.3) is 5.69 Å². The molecule has 0 bridgehead atoms. The van der Waals surface area contributed by atoms with E-state index in [4.69, 9.17) is 4.74 Å². The van der Waals surface area contributed by atoms with E-state index >= 15 is 0 Å². The molecule has 0 fully saturated rings. The number of hydrogen-bond donors (Lipinski definition) is 0. The zero-order chi connectivity index (χ0) is 21.7. The van der Waals surface area contributed by atoms with Crippen LogP contribution in [0.1, 0.15) is 37.0 Å². The van der Waals surface area contributed by atoms with E-state index in [1.807, 2.05) is 26.0 Å². The number of hydrogen-bond acceptors (Lipinski definition) is 6. The fourth-order valence-corrected chi connectivity index (χ4v) is 2.77. The number of rotatable bonds is 6.